The third-order valence-electron chi connectivity index (χ3n) is 5.57. The van der Waals surface area contributed by atoms with Crippen molar-refractivity contribution in [3.63, 3.8) is 0 Å². The van der Waals surface area contributed by atoms with Crippen LogP contribution in [0.4, 0.5) is 5.82 Å². The Morgan fingerprint density at radius 1 is 1.19 bits per heavy atom. The predicted octanol–water partition coefficient (Wildman–Crippen LogP) is 3.36. The van der Waals surface area contributed by atoms with Crippen LogP contribution in [-0.2, 0) is 27.1 Å². The maximum absolute atomic E-state index is 13.3. The number of aromatic amines is 1. The number of nitrogens with two attached hydrogens (primary N) is 1. The number of ketones is 1. The summed E-state index contributed by atoms with van der Waals surface area (Å²) in [5.74, 6) is 0.379. The van der Waals surface area contributed by atoms with Gasteiger partial charge in [-0.1, -0.05) is 37.3 Å². The minimum atomic E-state index is -3.59. The molecule has 31 heavy (non-hydrogen) atoms. The van der Waals surface area contributed by atoms with E-state index in [-0.39, 0.29) is 18.8 Å². The van der Waals surface area contributed by atoms with E-state index in [1.165, 1.54) is 0 Å². The van der Waals surface area contributed by atoms with Gasteiger partial charge >= 0.3 is 0 Å². The van der Waals surface area contributed by atoms with Crippen LogP contribution in [0.3, 0.4) is 0 Å². The lowest BCUT2D eigenvalue weighted by molar-refractivity contribution is 0.0823. The molecule has 1 aliphatic carbocycles. The van der Waals surface area contributed by atoms with Gasteiger partial charge in [0.1, 0.15) is 5.82 Å². The molecule has 8 heteroatoms. The number of nitrogen functional groups attached to an aromatic ring is 1. The molecule has 3 N–H and O–H groups in total. The molecule has 0 saturated carbocycles. The highest BCUT2D eigenvalue weighted by atomic mass is 32.2. The Bertz CT molecular complexity index is 1230. The molecule has 1 unspecified atom stereocenters. The Labute approximate surface area is 181 Å². The highest BCUT2D eigenvalue weighted by Gasteiger charge is 2.39. The number of carbonyl (C=O) groups excluding carboxylic acids is 1. The van der Waals surface area contributed by atoms with Crippen molar-refractivity contribution >= 4 is 21.7 Å². The molecule has 0 fully saturated rings. The Hall–Kier alpha value is -2.97. The molecule has 2 heterocycles. The fraction of sp³-hybridized carbons (Fsp3) is 0.304. The fourth-order valence-corrected chi connectivity index (χ4v) is 4.71. The second-order valence-electron chi connectivity index (χ2n) is 8.52. The van der Waals surface area contributed by atoms with Gasteiger partial charge in [0.2, 0.25) is 0 Å². The summed E-state index contributed by atoms with van der Waals surface area (Å²) < 4.78 is 28.0. The van der Waals surface area contributed by atoms with Gasteiger partial charge in [-0.3, -0.25) is 8.98 Å². The molecule has 162 valence electrons. The molecule has 0 spiro atoms. The van der Waals surface area contributed by atoms with E-state index in [1.54, 1.807) is 12.3 Å². The highest BCUT2D eigenvalue weighted by Crippen LogP contribution is 2.41. The third kappa shape index (κ3) is 4.70. The number of nitrogens with zero attached hydrogens (tertiary/aromatic N) is 1. The van der Waals surface area contributed by atoms with E-state index >= 15 is 0 Å². The normalized spacial score (nSPS) is 18.7. The van der Waals surface area contributed by atoms with Gasteiger partial charge in [-0.2, -0.15) is 8.42 Å². The number of pyridine rings is 1. The fourth-order valence-electron chi connectivity index (χ4n) is 4.21. The summed E-state index contributed by atoms with van der Waals surface area (Å²) in [6.07, 6.45) is 3.97. The molecule has 3 aromatic rings. The second kappa shape index (κ2) is 7.94. The number of anilines is 1. The summed E-state index contributed by atoms with van der Waals surface area (Å²) >= 11 is 0. The van der Waals surface area contributed by atoms with Crippen molar-refractivity contribution in [1.82, 2.24) is 9.97 Å². The highest BCUT2D eigenvalue weighted by molar-refractivity contribution is 7.85. The zero-order valence-electron chi connectivity index (χ0n) is 17.5. The van der Waals surface area contributed by atoms with Gasteiger partial charge in [0.05, 0.1) is 18.6 Å². The van der Waals surface area contributed by atoms with Gasteiger partial charge in [-0.25, -0.2) is 4.98 Å². The average molecular weight is 440 g/mol. The van der Waals surface area contributed by atoms with E-state index in [0.29, 0.717) is 24.2 Å². The van der Waals surface area contributed by atoms with Gasteiger partial charge in [0.25, 0.3) is 10.1 Å². The first-order valence-electron chi connectivity index (χ1n) is 10.0. The number of carbonyl (C=O) groups is 1. The van der Waals surface area contributed by atoms with E-state index in [4.69, 9.17) is 9.92 Å². The zero-order chi connectivity index (χ0) is 22.2. The van der Waals surface area contributed by atoms with Crippen molar-refractivity contribution < 1.29 is 17.4 Å². The van der Waals surface area contributed by atoms with Crippen LogP contribution in [0.15, 0.2) is 48.7 Å². The van der Waals surface area contributed by atoms with Crippen molar-refractivity contribution in [1.29, 1.82) is 0 Å². The minimum absolute atomic E-state index is 0.0173. The standard InChI is InChI=1S/C23H25N3O4S/c1-23(14-30-31(2,28)29)12-18-21(19(27)13-23)17(10-15-6-4-3-5-7-15)22(26-18)16-8-9-25-20(24)11-16/h3-9,11,26H,10,12-14H2,1-2H3,(H2,24,25). The van der Waals surface area contributed by atoms with Crippen LogP contribution in [0.5, 0.6) is 0 Å². The zero-order valence-corrected chi connectivity index (χ0v) is 18.3. The quantitative estimate of drug-likeness (QED) is 0.569. The molecule has 7 nitrogen and oxygen atoms in total. The first-order chi connectivity index (χ1) is 14.6. The number of rotatable bonds is 6. The van der Waals surface area contributed by atoms with Crippen molar-refractivity contribution in [3.8, 4) is 11.3 Å². The van der Waals surface area contributed by atoms with E-state index in [1.807, 2.05) is 43.3 Å². The van der Waals surface area contributed by atoms with E-state index in [9.17, 15) is 13.2 Å². The summed E-state index contributed by atoms with van der Waals surface area (Å²) in [7, 11) is -3.59. The smallest absolute Gasteiger partial charge is 0.264 e. The summed E-state index contributed by atoms with van der Waals surface area (Å²) in [6.45, 7) is 1.84. The molecule has 4 rings (SSSR count). The van der Waals surface area contributed by atoms with Gasteiger partial charge in [-0.05, 0) is 29.7 Å². The molecule has 1 aliphatic rings. The van der Waals surface area contributed by atoms with E-state index in [0.717, 1.165) is 34.3 Å². The van der Waals surface area contributed by atoms with E-state index in [2.05, 4.69) is 9.97 Å². The predicted molar refractivity (Wildman–Crippen MR) is 119 cm³/mol. The molecular weight excluding hydrogens is 414 g/mol. The average Bonchev–Trinajstić information content (AvgIpc) is 3.05. The lowest BCUT2D eigenvalue weighted by Gasteiger charge is -2.32. The van der Waals surface area contributed by atoms with Gasteiger partial charge in [-0.15, -0.1) is 0 Å². The maximum Gasteiger partial charge on any atom is 0.264 e. The Morgan fingerprint density at radius 2 is 1.94 bits per heavy atom. The molecule has 1 aromatic carbocycles. The van der Waals surface area contributed by atoms with Gasteiger partial charge < -0.3 is 10.7 Å². The maximum atomic E-state index is 13.3. The molecule has 0 radical (unpaired) electrons. The van der Waals surface area contributed by atoms with Crippen LogP contribution in [0.2, 0.25) is 0 Å². The third-order valence-corrected chi connectivity index (χ3v) is 6.11. The number of fused-ring (bicyclic) bond motifs is 1. The molecule has 0 aliphatic heterocycles. The molecule has 0 bridgehead atoms. The molecule has 2 aromatic heterocycles. The number of H-pyrrole nitrogens is 1. The van der Waals surface area contributed by atoms with Crippen molar-refractivity contribution in [2.24, 2.45) is 5.41 Å². The van der Waals surface area contributed by atoms with Crippen LogP contribution in [-0.4, -0.2) is 37.0 Å². The van der Waals surface area contributed by atoms with Crippen LogP contribution < -0.4 is 5.73 Å². The summed E-state index contributed by atoms with van der Waals surface area (Å²) in [6, 6.07) is 13.6. The van der Waals surface area contributed by atoms with Crippen molar-refractivity contribution in [2.75, 3.05) is 18.6 Å². The molecule has 0 saturated heterocycles. The number of benzene rings is 1. The van der Waals surface area contributed by atoms with Crippen molar-refractivity contribution in [3.05, 3.63) is 71.0 Å². The molecular formula is C23H25N3O4S. The van der Waals surface area contributed by atoms with Crippen molar-refractivity contribution in [2.45, 2.75) is 26.2 Å². The Morgan fingerprint density at radius 3 is 2.61 bits per heavy atom. The van der Waals surface area contributed by atoms with Crippen LogP contribution >= 0.6 is 0 Å². The van der Waals surface area contributed by atoms with Crippen LogP contribution in [0.1, 0.15) is 40.5 Å². The van der Waals surface area contributed by atoms with Crippen LogP contribution in [0.25, 0.3) is 11.3 Å². The number of hydrogen-bond donors (Lipinski definition) is 2. The van der Waals surface area contributed by atoms with E-state index < -0.39 is 15.5 Å². The lowest BCUT2D eigenvalue weighted by Crippen LogP contribution is -2.34. The molecule has 0 amide bonds. The Balaban J connectivity index is 1.79. The topological polar surface area (TPSA) is 115 Å². The number of aromatic nitrogens is 2. The first kappa shape index (κ1) is 21.3. The molecule has 1 atom stereocenters. The SMILES string of the molecule is CC1(COS(C)(=O)=O)CC(=O)c2c([nH]c(-c3ccnc(N)c3)c2Cc2ccccc2)C1. The van der Waals surface area contributed by atoms with Gasteiger partial charge in [0.15, 0.2) is 5.78 Å². The Kier molecular flexibility index (Phi) is 5.45. The van der Waals surface area contributed by atoms with Crippen LogP contribution in [0, 0.1) is 5.41 Å². The summed E-state index contributed by atoms with van der Waals surface area (Å²) in [4.78, 5) is 20.8. The number of Topliss-reactive ketones (excluding diaryl/α,β-unsaturated/α-hetero) is 1. The first-order valence-corrected chi connectivity index (χ1v) is 11.8. The lowest BCUT2D eigenvalue weighted by atomic mass is 9.74. The minimum Gasteiger partial charge on any atom is -0.384 e. The van der Waals surface area contributed by atoms with Gasteiger partial charge in [0, 0.05) is 41.3 Å². The monoisotopic (exact) mass is 439 g/mol. The summed E-state index contributed by atoms with van der Waals surface area (Å²) in [5.41, 5.74) is 10.5. The second-order valence-corrected chi connectivity index (χ2v) is 10.2. The largest absolute Gasteiger partial charge is 0.384 e. The number of hydrogen-bond acceptors (Lipinski definition) is 6. The number of nitrogens with one attached hydrogen (secondary N) is 1. The summed E-state index contributed by atoms with van der Waals surface area (Å²) in [5, 5.41) is 0.